The number of carboxylic acid groups (broad SMARTS) is 1. The van der Waals surface area contributed by atoms with Crippen LogP contribution >= 0.6 is 0 Å². The number of hydrogen-bond acceptors (Lipinski definition) is 3. The van der Waals surface area contributed by atoms with E-state index in [9.17, 15) is 19.5 Å². The Morgan fingerprint density at radius 3 is 2.22 bits per heavy atom. The van der Waals surface area contributed by atoms with Crippen LogP contribution < -0.4 is 5.32 Å². The van der Waals surface area contributed by atoms with Gasteiger partial charge >= 0.3 is 5.97 Å². The van der Waals surface area contributed by atoms with E-state index in [-0.39, 0.29) is 23.3 Å². The van der Waals surface area contributed by atoms with Crippen molar-refractivity contribution in [3.8, 4) is 0 Å². The molecule has 1 amide bonds. The van der Waals surface area contributed by atoms with Crippen LogP contribution in [0, 0.1) is 6.92 Å². The standard InChI is InChI=1S/C18H17NO4/c1-3-16(20)12-6-9-14(18(22)23)15(10-12)17(21)19-13-7-4-11(2)5-8-13/h4-10H,3H2,1-2H3,(H,19,21)(H,22,23). The maximum Gasteiger partial charge on any atom is 0.336 e. The quantitative estimate of drug-likeness (QED) is 0.827. The van der Waals surface area contributed by atoms with Crippen LogP contribution in [0.2, 0.25) is 0 Å². The molecular weight excluding hydrogens is 294 g/mol. The number of hydrogen-bond donors (Lipinski definition) is 2. The van der Waals surface area contributed by atoms with Crippen molar-refractivity contribution in [3.63, 3.8) is 0 Å². The molecule has 0 saturated heterocycles. The van der Waals surface area contributed by atoms with Crippen LogP contribution in [0.25, 0.3) is 0 Å². The van der Waals surface area contributed by atoms with Gasteiger partial charge in [-0.25, -0.2) is 4.79 Å². The number of carbonyl (C=O) groups is 3. The number of benzene rings is 2. The average Bonchev–Trinajstić information content (AvgIpc) is 2.55. The fraction of sp³-hybridized carbons (Fsp3) is 0.167. The molecule has 118 valence electrons. The SMILES string of the molecule is CCC(=O)c1ccc(C(=O)O)c(C(=O)Nc2ccc(C)cc2)c1. The zero-order chi connectivity index (χ0) is 17.0. The topological polar surface area (TPSA) is 83.5 Å². The molecule has 2 aromatic carbocycles. The largest absolute Gasteiger partial charge is 0.478 e. The summed E-state index contributed by atoms with van der Waals surface area (Å²) >= 11 is 0. The predicted octanol–water partition coefficient (Wildman–Crippen LogP) is 3.54. The Bertz CT molecular complexity index is 763. The Balaban J connectivity index is 2.38. The first-order valence-electron chi connectivity index (χ1n) is 7.21. The number of nitrogens with one attached hydrogen (secondary N) is 1. The van der Waals surface area contributed by atoms with E-state index in [4.69, 9.17) is 0 Å². The van der Waals surface area contributed by atoms with E-state index in [0.29, 0.717) is 11.3 Å². The fourth-order valence-electron chi connectivity index (χ4n) is 2.13. The monoisotopic (exact) mass is 311 g/mol. The predicted molar refractivity (Wildman–Crippen MR) is 87.2 cm³/mol. The third kappa shape index (κ3) is 3.83. The number of anilines is 1. The Hall–Kier alpha value is -2.95. The van der Waals surface area contributed by atoms with Crippen LogP contribution in [0.15, 0.2) is 42.5 Å². The first kappa shape index (κ1) is 16.4. The van der Waals surface area contributed by atoms with Gasteiger partial charge in [-0.1, -0.05) is 30.7 Å². The number of aromatic carboxylic acids is 1. The van der Waals surface area contributed by atoms with Gasteiger partial charge in [0.1, 0.15) is 0 Å². The van der Waals surface area contributed by atoms with E-state index >= 15 is 0 Å². The molecule has 0 saturated carbocycles. The van der Waals surface area contributed by atoms with Gasteiger partial charge in [0.15, 0.2) is 5.78 Å². The normalized spacial score (nSPS) is 10.2. The van der Waals surface area contributed by atoms with E-state index < -0.39 is 11.9 Å². The van der Waals surface area contributed by atoms with Crippen LogP contribution in [-0.2, 0) is 0 Å². The van der Waals surface area contributed by atoms with E-state index in [1.807, 2.05) is 19.1 Å². The summed E-state index contributed by atoms with van der Waals surface area (Å²) in [6, 6.07) is 11.2. The molecule has 5 heteroatoms. The number of Topliss-reactive ketones (excluding diaryl/α,β-unsaturated/α-hetero) is 1. The first-order chi connectivity index (χ1) is 10.9. The molecule has 0 aliphatic rings. The molecule has 5 nitrogen and oxygen atoms in total. The van der Waals surface area contributed by atoms with Crippen LogP contribution in [0.5, 0.6) is 0 Å². The molecule has 0 aliphatic carbocycles. The summed E-state index contributed by atoms with van der Waals surface area (Å²) in [6.07, 6.45) is 0.283. The minimum Gasteiger partial charge on any atom is -0.478 e. The molecule has 2 N–H and O–H groups in total. The third-order valence-corrected chi connectivity index (χ3v) is 3.45. The van der Waals surface area contributed by atoms with Crippen LogP contribution in [0.1, 0.15) is 50.0 Å². The van der Waals surface area contributed by atoms with Crippen molar-refractivity contribution in [2.75, 3.05) is 5.32 Å². The summed E-state index contributed by atoms with van der Waals surface area (Å²) in [6.45, 7) is 3.63. The summed E-state index contributed by atoms with van der Waals surface area (Å²) in [4.78, 5) is 35.5. The Labute approximate surface area is 134 Å². The van der Waals surface area contributed by atoms with Crippen molar-refractivity contribution in [1.29, 1.82) is 0 Å². The Morgan fingerprint density at radius 2 is 1.65 bits per heavy atom. The number of aryl methyl sites for hydroxylation is 1. The highest BCUT2D eigenvalue weighted by molar-refractivity contribution is 6.12. The highest BCUT2D eigenvalue weighted by atomic mass is 16.4. The third-order valence-electron chi connectivity index (χ3n) is 3.45. The van der Waals surface area contributed by atoms with E-state index in [0.717, 1.165) is 5.56 Å². The molecule has 0 fully saturated rings. The van der Waals surface area contributed by atoms with Gasteiger partial charge in [-0.05, 0) is 31.2 Å². The zero-order valence-corrected chi connectivity index (χ0v) is 12.9. The summed E-state index contributed by atoms with van der Waals surface area (Å²) in [7, 11) is 0. The van der Waals surface area contributed by atoms with Crippen molar-refractivity contribution < 1.29 is 19.5 Å². The summed E-state index contributed by atoms with van der Waals surface area (Å²) in [5, 5.41) is 11.9. The smallest absolute Gasteiger partial charge is 0.336 e. The lowest BCUT2D eigenvalue weighted by Crippen LogP contribution is -2.17. The highest BCUT2D eigenvalue weighted by Crippen LogP contribution is 2.17. The zero-order valence-electron chi connectivity index (χ0n) is 12.9. The van der Waals surface area contributed by atoms with Gasteiger partial charge < -0.3 is 10.4 Å². The second-order valence-corrected chi connectivity index (χ2v) is 5.16. The molecule has 2 aromatic rings. The lowest BCUT2D eigenvalue weighted by Gasteiger charge is -2.10. The summed E-state index contributed by atoms with van der Waals surface area (Å²) < 4.78 is 0. The second kappa shape index (κ2) is 6.87. The molecule has 2 rings (SSSR count). The van der Waals surface area contributed by atoms with Gasteiger partial charge in [-0.2, -0.15) is 0 Å². The molecule has 0 aliphatic heterocycles. The molecule has 0 unspecified atom stereocenters. The molecular formula is C18H17NO4. The average molecular weight is 311 g/mol. The number of rotatable bonds is 5. The fourth-order valence-corrected chi connectivity index (χ4v) is 2.13. The van der Waals surface area contributed by atoms with Crippen molar-refractivity contribution in [1.82, 2.24) is 0 Å². The molecule has 0 heterocycles. The number of amides is 1. The van der Waals surface area contributed by atoms with E-state index in [1.165, 1.54) is 18.2 Å². The minimum absolute atomic E-state index is 0.0302. The molecule has 0 atom stereocenters. The maximum atomic E-state index is 12.4. The lowest BCUT2D eigenvalue weighted by atomic mass is 10.00. The summed E-state index contributed by atoms with van der Waals surface area (Å²) in [5.74, 6) is -1.92. The van der Waals surface area contributed by atoms with E-state index in [2.05, 4.69) is 5.32 Å². The summed E-state index contributed by atoms with van der Waals surface area (Å²) in [5.41, 5.74) is 1.76. The molecule has 23 heavy (non-hydrogen) atoms. The first-order valence-corrected chi connectivity index (χ1v) is 7.21. The van der Waals surface area contributed by atoms with Gasteiger partial charge in [0.2, 0.25) is 0 Å². The van der Waals surface area contributed by atoms with Gasteiger partial charge in [0.25, 0.3) is 5.91 Å². The Kier molecular flexibility index (Phi) is 4.91. The molecule has 0 bridgehead atoms. The second-order valence-electron chi connectivity index (χ2n) is 5.16. The van der Waals surface area contributed by atoms with Crippen LogP contribution in [0.4, 0.5) is 5.69 Å². The van der Waals surface area contributed by atoms with Gasteiger partial charge in [0, 0.05) is 17.7 Å². The minimum atomic E-state index is -1.21. The Morgan fingerprint density at radius 1 is 1.00 bits per heavy atom. The molecule has 0 aromatic heterocycles. The van der Waals surface area contributed by atoms with Crippen LogP contribution in [0.3, 0.4) is 0 Å². The van der Waals surface area contributed by atoms with Crippen molar-refractivity contribution in [2.45, 2.75) is 20.3 Å². The molecule has 0 radical (unpaired) electrons. The van der Waals surface area contributed by atoms with Gasteiger partial charge in [-0.15, -0.1) is 0 Å². The number of ketones is 1. The van der Waals surface area contributed by atoms with Crippen molar-refractivity contribution >= 4 is 23.3 Å². The van der Waals surface area contributed by atoms with E-state index in [1.54, 1.807) is 19.1 Å². The highest BCUT2D eigenvalue weighted by Gasteiger charge is 2.19. The molecule has 0 spiro atoms. The lowest BCUT2D eigenvalue weighted by molar-refractivity contribution is 0.0692. The maximum absolute atomic E-state index is 12.4. The van der Waals surface area contributed by atoms with Crippen LogP contribution in [-0.4, -0.2) is 22.8 Å². The van der Waals surface area contributed by atoms with Gasteiger partial charge in [0.05, 0.1) is 11.1 Å². The number of carbonyl (C=O) groups excluding carboxylic acids is 2. The van der Waals surface area contributed by atoms with Crippen molar-refractivity contribution in [3.05, 3.63) is 64.7 Å². The number of carboxylic acids is 1. The van der Waals surface area contributed by atoms with Crippen molar-refractivity contribution in [2.24, 2.45) is 0 Å². The van der Waals surface area contributed by atoms with Gasteiger partial charge in [-0.3, -0.25) is 9.59 Å².